The molecule has 4 aliphatic carbocycles. The number of hydrogen-bond acceptors (Lipinski definition) is 24. The molecule has 4 aliphatic heterocycles. The molecule has 101 heavy (non-hydrogen) atoms. The third kappa shape index (κ3) is 15.1. The molecule has 12 heterocycles. The van der Waals surface area contributed by atoms with E-state index in [2.05, 4.69) is 77.4 Å². The van der Waals surface area contributed by atoms with Gasteiger partial charge in [0, 0.05) is 159 Å². The van der Waals surface area contributed by atoms with Gasteiger partial charge in [-0.05, 0) is 132 Å². The van der Waals surface area contributed by atoms with E-state index in [1.807, 2.05) is 107 Å². The van der Waals surface area contributed by atoms with Gasteiger partial charge in [-0.2, -0.15) is 0 Å². The Kier molecular flexibility index (Phi) is 20.0. The average Bonchev–Trinajstić information content (AvgIpc) is 1.67. The van der Waals surface area contributed by atoms with Crippen molar-refractivity contribution in [1.29, 1.82) is 0 Å². The summed E-state index contributed by atoms with van der Waals surface area (Å²) in [4.78, 5) is 83.6. The highest BCUT2D eigenvalue weighted by Gasteiger charge is 2.29. The molecule has 28 nitrogen and oxygen atoms in total. The highest BCUT2D eigenvalue weighted by atomic mass is 16.3. The fraction of sp³-hybridized carbons (Fsp3) is 0.288. The van der Waals surface area contributed by atoms with Crippen LogP contribution in [0.4, 0.5) is 46.0 Å². The number of allylic oxidation sites excluding steroid dienone is 12. The largest absolute Gasteiger partial charge is 0.506 e. The average molecular weight is 1360 g/mol. The molecule has 0 radical (unpaired) electrons. The molecule has 8 aromatic rings. The van der Waals surface area contributed by atoms with Crippen LogP contribution in [0, 0.1) is 0 Å². The number of aromatic nitrogens is 8. The molecular formula is C73H80N22O6. The van der Waals surface area contributed by atoms with Crippen molar-refractivity contribution in [3.63, 3.8) is 0 Å². The summed E-state index contributed by atoms with van der Waals surface area (Å²) in [5.74, 6) is 2.34. The molecule has 4 fully saturated rings. The van der Waals surface area contributed by atoms with E-state index in [1.165, 1.54) is 42.5 Å². The maximum Gasteiger partial charge on any atom is 0.206 e. The molecule has 0 bridgehead atoms. The van der Waals surface area contributed by atoms with Gasteiger partial charge in [-0.3, -0.25) is 19.2 Å². The Morgan fingerprint density at radius 2 is 0.693 bits per heavy atom. The molecule has 518 valence electrons. The summed E-state index contributed by atoms with van der Waals surface area (Å²) in [5.41, 5.74) is 21.0. The zero-order valence-electron chi connectivity index (χ0n) is 57.0. The second-order valence-electron chi connectivity index (χ2n) is 25.6. The van der Waals surface area contributed by atoms with Crippen LogP contribution in [0.25, 0.3) is 22.1 Å². The number of aliphatic hydroxyl groups excluding tert-OH is 2. The van der Waals surface area contributed by atoms with Gasteiger partial charge in [-0.25, -0.2) is 38.0 Å². The standard InChI is InChI=1S/C19H21N5O2.2C18H20N6O.C18H19N5O2/c1-13-16(25)7-6-14(18(13)26)20-17-15-5-3-4-8-24(15)21-19(17)23-11-9-22(2)10-12-23;1-22-8-10-23(11-9-22)18-17(16-4-2-3-7-24(16)21-18)20-15-6-5-13(25)12-14(15)19;1-22-8-10-23(11-9-22)18-17(15-4-2-3-7-24(15)21-18)20-14-6-5-13(19)12-16(14)25;1-21-8-10-22(11-9-21)18-17(15-4-2-3-7-23(15)20-18)19-14-6-5-13(24)12-16(14)25/h3-8,26H,9-12H2,1-2H3;2*2-7,12H,8-11,19H2,1H3;2-7,12,25H,8-11H2,1H3. The quantitative estimate of drug-likeness (QED) is 0.0979. The second-order valence-corrected chi connectivity index (χ2v) is 25.6. The van der Waals surface area contributed by atoms with Crippen LogP contribution < -0.4 is 31.1 Å². The SMILES string of the molecule is CC1=C(O)C(=Nc2c(N3CCN(C)CC3)nn3ccccc23)C=CC1=O.CN1CCN(c2nn3ccccc3c2N=C2C=CC(=O)C=C2N)CC1.CN1CCN(c2nn3ccccc3c2N=C2C=CC(=O)C=C2O)CC1.CN1CCN(c2nn3ccccc3c2N=C2C=CC(N)=CC2=O)CC1. The number of anilines is 4. The van der Waals surface area contributed by atoms with E-state index < -0.39 is 0 Å². The van der Waals surface area contributed by atoms with E-state index in [4.69, 9.17) is 41.8 Å². The summed E-state index contributed by atoms with van der Waals surface area (Å²) in [6.45, 7) is 16.4. The molecule has 8 aromatic heterocycles. The van der Waals surface area contributed by atoms with Gasteiger partial charge in [0.05, 0.1) is 33.5 Å². The number of piperazine rings is 4. The van der Waals surface area contributed by atoms with Crippen molar-refractivity contribution in [3.8, 4) is 0 Å². The first-order chi connectivity index (χ1) is 48.9. The molecule has 4 saturated heterocycles. The van der Waals surface area contributed by atoms with Gasteiger partial charge in [0.15, 0.2) is 40.6 Å². The zero-order valence-corrected chi connectivity index (χ0v) is 57.0. The lowest BCUT2D eigenvalue weighted by atomic mass is 10.0. The third-order valence-corrected chi connectivity index (χ3v) is 18.4. The fourth-order valence-electron chi connectivity index (χ4n) is 12.3. The van der Waals surface area contributed by atoms with Crippen molar-refractivity contribution in [2.24, 2.45) is 31.4 Å². The number of aliphatic imine (C=N–C) groups is 4. The Bertz CT molecular complexity index is 4780. The number of ketones is 4. The molecular weight excluding hydrogens is 1280 g/mol. The zero-order chi connectivity index (χ0) is 70.4. The Morgan fingerprint density at radius 1 is 0.366 bits per heavy atom. The highest BCUT2D eigenvalue weighted by molar-refractivity contribution is 6.49. The normalized spacial score (nSPS) is 20.5. The maximum atomic E-state index is 12.2. The van der Waals surface area contributed by atoms with Gasteiger partial charge in [-0.15, -0.1) is 20.4 Å². The monoisotopic (exact) mass is 1360 g/mol. The number of rotatable bonds is 8. The minimum atomic E-state index is -0.240. The number of fused-ring (bicyclic) bond motifs is 4. The van der Waals surface area contributed by atoms with Gasteiger partial charge in [0.1, 0.15) is 51.4 Å². The Labute approximate surface area is 582 Å². The summed E-state index contributed by atoms with van der Waals surface area (Å²) in [6.07, 6.45) is 24.0. The molecule has 6 N–H and O–H groups in total. The van der Waals surface area contributed by atoms with Crippen LogP contribution in [0.15, 0.2) is 213 Å². The van der Waals surface area contributed by atoms with Crippen molar-refractivity contribution < 1.29 is 29.4 Å². The van der Waals surface area contributed by atoms with E-state index in [-0.39, 0.29) is 34.7 Å². The number of likely N-dealkylation sites (N-methyl/N-ethyl adjacent to an activating group) is 4. The van der Waals surface area contributed by atoms with Gasteiger partial charge in [-0.1, -0.05) is 24.3 Å². The smallest absolute Gasteiger partial charge is 0.206 e. The molecule has 0 unspecified atom stereocenters. The van der Waals surface area contributed by atoms with Gasteiger partial charge < -0.3 is 60.9 Å². The number of pyridine rings is 4. The lowest BCUT2D eigenvalue weighted by Gasteiger charge is -2.32. The van der Waals surface area contributed by atoms with Crippen molar-refractivity contribution in [3.05, 3.63) is 193 Å². The topological polar surface area (TPSA) is 305 Å². The predicted molar refractivity (Wildman–Crippen MR) is 395 cm³/mol. The van der Waals surface area contributed by atoms with Crippen LogP contribution in [0.5, 0.6) is 0 Å². The summed E-state index contributed by atoms with van der Waals surface area (Å²) >= 11 is 0. The first-order valence-corrected chi connectivity index (χ1v) is 33.5. The number of nitrogens with two attached hydrogens (primary N) is 2. The molecule has 28 heteroatoms. The maximum absolute atomic E-state index is 12.2. The van der Waals surface area contributed by atoms with E-state index in [0.717, 1.165) is 161 Å². The first kappa shape index (κ1) is 67.8. The van der Waals surface area contributed by atoms with E-state index in [1.54, 1.807) is 40.3 Å². The number of hydrogen-bond donors (Lipinski definition) is 4. The number of carbonyl (C=O) groups is 4. The van der Waals surface area contributed by atoms with E-state index >= 15 is 0 Å². The van der Waals surface area contributed by atoms with Crippen molar-refractivity contribution in [2.75, 3.05) is 153 Å². The summed E-state index contributed by atoms with van der Waals surface area (Å²) in [6, 6.07) is 23.4. The lowest BCUT2D eigenvalue weighted by molar-refractivity contribution is -0.112. The molecule has 0 atom stereocenters. The van der Waals surface area contributed by atoms with Crippen LogP contribution in [-0.4, -0.2) is 247 Å². The van der Waals surface area contributed by atoms with Crippen LogP contribution in [0.2, 0.25) is 0 Å². The van der Waals surface area contributed by atoms with Crippen LogP contribution >= 0.6 is 0 Å². The van der Waals surface area contributed by atoms with Gasteiger partial charge in [0.2, 0.25) is 5.78 Å². The van der Waals surface area contributed by atoms with Crippen molar-refractivity contribution in [1.82, 2.24) is 58.1 Å². The molecule has 0 aromatic carbocycles. The van der Waals surface area contributed by atoms with Crippen molar-refractivity contribution in [2.45, 2.75) is 6.92 Å². The van der Waals surface area contributed by atoms with E-state index in [9.17, 15) is 29.4 Å². The van der Waals surface area contributed by atoms with E-state index in [0.29, 0.717) is 51.2 Å². The molecule has 0 saturated carbocycles. The number of nitrogens with zero attached hydrogens (tertiary/aromatic N) is 20. The minimum Gasteiger partial charge on any atom is -0.506 e. The Morgan fingerprint density at radius 3 is 1.06 bits per heavy atom. The first-order valence-electron chi connectivity index (χ1n) is 33.5. The van der Waals surface area contributed by atoms with Crippen LogP contribution in [0.1, 0.15) is 6.92 Å². The molecule has 8 aliphatic rings. The fourth-order valence-corrected chi connectivity index (χ4v) is 12.3. The highest BCUT2D eigenvalue weighted by Crippen LogP contribution is 2.38. The molecule has 0 amide bonds. The Hall–Kier alpha value is -11.7. The van der Waals surface area contributed by atoms with Gasteiger partial charge in [0.25, 0.3) is 0 Å². The lowest BCUT2D eigenvalue weighted by Crippen LogP contribution is -2.44. The Balaban J connectivity index is 0.000000120. The summed E-state index contributed by atoms with van der Waals surface area (Å²) in [7, 11) is 8.45. The van der Waals surface area contributed by atoms with Crippen LogP contribution in [0.3, 0.4) is 0 Å². The second kappa shape index (κ2) is 29.8. The summed E-state index contributed by atoms with van der Waals surface area (Å²) in [5, 5.41) is 39.2. The van der Waals surface area contributed by atoms with Crippen LogP contribution in [-0.2, 0) is 19.2 Å². The van der Waals surface area contributed by atoms with Gasteiger partial charge >= 0.3 is 0 Å². The predicted octanol–water partition coefficient (Wildman–Crippen LogP) is 6.15. The number of aliphatic hydroxyl groups is 2. The number of carbonyl (C=O) groups excluding carboxylic acids is 4. The minimum absolute atomic E-state index is 0.0721. The molecule has 0 spiro atoms. The molecule has 16 rings (SSSR count). The third-order valence-electron chi connectivity index (χ3n) is 18.4. The summed E-state index contributed by atoms with van der Waals surface area (Å²) < 4.78 is 7.25. The van der Waals surface area contributed by atoms with Crippen molar-refractivity contribution >= 4 is 114 Å².